The largest absolute Gasteiger partial charge is 0.508 e. The molecule has 2 rings (SSSR count). The number of rotatable bonds is 3. The highest BCUT2D eigenvalue weighted by Gasteiger charge is 2.32. The Labute approximate surface area is 96.4 Å². The van der Waals surface area contributed by atoms with E-state index < -0.39 is 0 Å². The van der Waals surface area contributed by atoms with Crippen LogP contribution in [0.1, 0.15) is 25.3 Å². The molecule has 0 fully saturated rings. The molecule has 0 saturated heterocycles. The van der Waals surface area contributed by atoms with Crippen LogP contribution in [-0.4, -0.2) is 24.4 Å². The second-order valence-electron chi connectivity index (χ2n) is 4.50. The van der Waals surface area contributed by atoms with Gasteiger partial charge in [-0.1, -0.05) is 13.0 Å². The Hall–Kier alpha value is -1.22. The summed E-state index contributed by atoms with van der Waals surface area (Å²) in [5.41, 5.74) is 2.10. The van der Waals surface area contributed by atoms with Crippen LogP contribution in [0.25, 0.3) is 0 Å². The van der Waals surface area contributed by atoms with Gasteiger partial charge in [-0.15, -0.1) is 0 Å². The normalized spacial score (nSPS) is 23.6. The van der Waals surface area contributed by atoms with E-state index in [0.717, 1.165) is 30.5 Å². The predicted octanol–water partition coefficient (Wildman–Crippen LogP) is 2.55. The van der Waals surface area contributed by atoms with E-state index in [1.807, 2.05) is 12.1 Å². The molecule has 0 saturated carbocycles. The number of phenols is 1. The molecule has 0 bridgehead atoms. The Morgan fingerprint density at radius 2 is 2.31 bits per heavy atom. The van der Waals surface area contributed by atoms with Crippen LogP contribution >= 0.6 is 0 Å². The van der Waals surface area contributed by atoms with Crippen LogP contribution in [0.2, 0.25) is 0 Å². The van der Waals surface area contributed by atoms with Crippen molar-refractivity contribution in [3.05, 3.63) is 23.8 Å². The number of hydrogen-bond acceptors (Lipinski definition) is 3. The van der Waals surface area contributed by atoms with E-state index in [1.165, 1.54) is 0 Å². The van der Waals surface area contributed by atoms with Gasteiger partial charge in [-0.05, 0) is 31.4 Å². The van der Waals surface area contributed by atoms with Crippen molar-refractivity contribution in [3.8, 4) is 5.75 Å². The first-order valence-electron chi connectivity index (χ1n) is 5.79. The number of ether oxygens (including phenoxy) is 1. The Morgan fingerprint density at radius 3 is 3.00 bits per heavy atom. The second kappa shape index (κ2) is 4.34. The van der Waals surface area contributed by atoms with E-state index in [1.54, 1.807) is 13.2 Å². The molecule has 1 atom stereocenters. The molecule has 0 amide bonds. The molecule has 3 heteroatoms. The Morgan fingerprint density at radius 1 is 1.50 bits per heavy atom. The van der Waals surface area contributed by atoms with E-state index in [4.69, 9.17) is 4.74 Å². The van der Waals surface area contributed by atoms with Crippen LogP contribution in [0.3, 0.4) is 0 Å². The summed E-state index contributed by atoms with van der Waals surface area (Å²) in [4.78, 5) is 0. The van der Waals surface area contributed by atoms with Crippen molar-refractivity contribution in [1.82, 2.24) is 0 Å². The van der Waals surface area contributed by atoms with Gasteiger partial charge in [0.25, 0.3) is 0 Å². The van der Waals surface area contributed by atoms with Gasteiger partial charge in [0.2, 0.25) is 0 Å². The Bertz CT molecular complexity index is 378. The van der Waals surface area contributed by atoms with Crippen LogP contribution in [0.4, 0.5) is 5.69 Å². The zero-order chi connectivity index (χ0) is 11.6. The van der Waals surface area contributed by atoms with Crippen LogP contribution in [0.5, 0.6) is 5.75 Å². The number of anilines is 1. The molecule has 1 aliphatic rings. The fourth-order valence-corrected chi connectivity index (χ4v) is 2.42. The van der Waals surface area contributed by atoms with Gasteiger partial charge >= 0.3 is 0 Å². The van der Waals surface area contributed by atoms with Gasteiger partial charge in [0.1, 0.15) is 5.75 Å². The minimum absolute atomic E-state index is 0.0234. The molecule has 16 heavy (non-hydrogen) atoms. The van der Waals surface area contributed by atoms with Crippen LogP contribution < -0.4 is 5.32 Å². The van der Waals surface area contributed by atoms with Crippen LogP contribution in [0, 0.1) is 0 Å². The lowest BCUT2D eigenvalue weighted by Gasteiger charge is -2.39. The summed E-state index contributed by atoms with van der Waals surface area (Å²) < 4.78 is 5.30. The summed E-state index contributed by atoms with van der Waals surface area (Å²) >= 11 is 0. The minimum atomic E-state index is 0.0234. The van der Waals surface area contributed by atoms with Crippen molar-refractivity contribution in [3.63, 3.8) is 0 Å². The van der Waals surface area contributed by atoms with Crippen molar-refractivity contribution in [1.29, 1.82) is 0 Å². The third-order valence-corrected chi connectivity index (χ3v) is 3.50. The van der Waals surface area contributed by atoms with E-state index in [-0.39, 0.29) is 5.54 Å². The van der Waals surface area contributed by atoms with Gasteiger partial charge in [0.05, 0.1) is 12.1 Å². The average molecular weight is 221 g/mol. The molecule has 0 radical (unpaired) electrons. The summed E-state index contributed by atoms with van der Waals surface area (Å²) in [7, 11) is 1.73. The highest BCUT2D eigenvalue weighted by Crippen LogP contribution is 2.37. The fourth-order valence-electron chi connectivity index (χ4n) is 2.42. The maximum atomic E-state index is 9.76. The molecule has 2 N–H and O–H groups in total. The van der Waals surface area contributed by atoms with Gasteiger partial charge in [-0.2, -0.15) is 0 Å². The molecule has 88 valence electrons. The summed E-state index contributed by atoms with van der Waals surface area (Å²) in [5.74, 6) is 0.395. The third kappa shape index (κ3) is 1.87. The number of fused-ring (bicyclic) bond motifs is 1. The smallest absolute Gasteiger partial charge is 0.120 e. The van der Waals surface area contributed by atoms with Crippen LogP contribution in [-0.2, 0) is 11.2 Å². The van der Waals surface area contributed by atoms with E-state index in [9.17, 15) is 5.11 Å². The van der Waals surface area contributed by atoms with Crippen molar-refractivity contribution in [2.75, 3.05) is 19.0 Å². The molecule has 1 aromatic carbocycles. The number of phenolic OH excluding ortho intramolecular Hbond substituents is 1. The first-order chi connectivity index (χ1) is 7.71. The zero-order valence-corrected chi connectivity index (χ0v) is 9.92. The van der Waals surface area contributed by atoms with E-state index >= 15 is 0 Å². The Balaban J connectivity index is 2.29. The predicted molar refractivity (Wildman–Crippen MR) is 64.9 cm³/mol. The molecular formula is C13H19NO2. The molecule has 3 nitrogen and oxygen atoms in total. The molecule has 1 heterocycles. The third-order valence-electron chi connectivity index (χ3n) is 3.50. The minimum Gasteiger partial charge on any atom is -0.508 e. The monoisotopic (exact) mass is 221 g/mol. The quantitative estimate of drug-likeness (QED) is 0.824. The van der Waals surface area contributed by atoms with Gasteiger partial charge < -0.3 is 15.2 Å². The summed E-state index contributed by atoms with van der Waals surface area (Å²) in [5, 5.41) is 13.3. The molecule has 1 aromatic rings. The number of benzene rings is 1. The Kier molecular flexibility index (Phi) is 3.06. The maximum Gasteiger partial charge on any atom is 0.120 e. The van der Waals surface area contributed by atoms with Gasteiger partial charge in [-0.3, -0.25) is 0 Å². The summed E-state index contributed by atoms with van der Waals surface area (Å²) in [6, 6.07) is 5.64. The van der Waals surface area contributed by atoms with E-state index in [2.05, 4.69) is 12.2 Å². The van der Waals surface area contributed by atoms with Gasteiger partial charge in [0, 0.05) is 18.4 Å². The molecule has 0 aromatic heterocycles. The zero-order valence-electron chi connectivity index (χ0n) is 9.92. The fraction of sp³-hybridized carbons (Fsp3) is 0.538. The highest BCUT2D eigenvalue weighted by molar-refractivity contribution is 5.60. The average Bonchev–Trinajstić information content (AvgIpc) is 2.29. The maximum absolute atomic E-state index is 9.76. The topological polar surface area (TPSA) is 41.5 Å². The molecule has 0 aliphatic carbocycles. The standard InChI is InChI=1S/C13H19NO2/c1-3-13(9-16-2)8-7-10-11(14-13)5-4-6-12(10)15/h4-6,14-15H,3,7-9H2,1-2H3. The van der Waals surface area contributed by atoms with Crippen molar-refractivity contribution in [2.24, 2.45) is 0 Å². The first-order valence-corrected chi connectivity index (χ1v) is 5.79. The molecule has 1 unspecified atom stereocenters. The lowest BCUT2D eigenvalue weighted by atomic mass is 9.84. The first kappa shape index (κ1) is 11.3. The molecule has 0 spiro atoms. The summed E-state index contributed by atoms with van der Waals surface area (Å²) in [6.07, 6.45) is 2.93. The molecule has 1 aliphatic heterocycles. The lowest BCUT2D eigenvalue weighted by Crippen LogP contribution is -2.45. The summed E-state index contributed by atoms with van der Waals surface area (Å²) in [6.45, 7) is 2.87. The number of aromatic hydroxyl groups is 1. The number of nitrogens with one attached hydrogen (secondary N) is 1. The molecular weight excluding hydrogens is 202 g/mol. The van der Waals surface area contributed by atoms with Crippen molar-refractivity contribution >= 4 is 5.69 Å². The lowest BCUT2D eigenvalue weighted by molar-refractivity contribution is 0.133. The van der Waals surface area contributed by atoms with Crippen molar-refractivity contribution in [2.45, 2.75) is 31.7 Å². The second-order valence-corrected chi connectivity index (χ2v) is 4.50. The number of methoxy groups -OCH3 is 1. The SMILES string of the molecule is CCC1(COC)CCc2c(O)cccc2N1. The van der Waals surface area contributed by atoms with Gasteiger partial charge in [0.15, 0.2) is 0 Å². The number of hydrogen-bond donors (Lipinski definition) is 2. The van der Waals surface area contributed by atoms with Gasteiger partial charge in [-0.25, -0.2) is 0 Å². The van der Waals surface area contributed by atoms with Crippen molar-refractivity contribution < 1.29 is 9.84 Å². The highest BCUT2D eigenvalue weighted by atomic mass is 16.5. The van der Waals surface area contributed by atoms with Crippen LogP contribution in [0.15, 0.2) is 18.2 Å². The van der Waals surface area contributed by atoms with E-state index in [0.29, 0.717) is 12.4 Å².